The molecule has 1 aromatic heterocycles. The average Bonchev–Trinajstić information content (AvgIpc) is 2.25. The summed E-state index contributed by atoms with van der Waals surface area (Å²) in [7, 11) is 0. The molecule has 0 aliphatic heterocycles. The summed E-state index contributed by atoms with van der Waals surface area (Å²) in [5.74, 6) is 0.984. The van der Waals surface area contributed by atoms with Crippen molar-refractivity contribution in [2.45, 2.75) is 26.7 Å². The number of nitrogens with zero attached hydrogens (tertiary/aromatic N) is 1. The molecule has 4 nitrogen and oxygen atoms in total. The van der Waals surface area contributed by atoms with Gasteiger partial charge in [0.15, 0.2) is 0 Å². The third-order valence-electron chi connectivity index (χ3n) is 2.18. The highest BCUT2D eigenvalue weighted by Crippen LogP contribution is 2.05. The van der Waals surface area contributed by atoms with Gasteiger partial charge in [-0.05, 0) is 38.0 Å². The minimum atomic E-state index is 0.113. The zero-order valence-corrected chi connectivity index (χ0v) is 9.92. The van der Waals surface area contributed by atoms with Crippen molar-refractivity contribution in [1.82, 2.24) is 10.3 Å². The first-order chi connectivity index (χ1) is 7.72. The van der Waals surface area contributed by atoms with E-state index < -0.39 is 0 Å². The van der Waals surface area contributed by atoms with Crippen LogP contribution in [-0.2, 0) is 4.79 Å². The van der Waals surface area contributed by atoms with Crippen LogP contribution in [0.3, 0.4) is 0 Å². The Kier molecular flexibility index (Phi) is 5.32. The van der Waals surface area contributed by atoms with Gasteiger partial charge in [-0.15, -0.1) is 0 Å². The van der Waals surface area contributed by atoms with Crippen molar-refractivity contribution < 1.29 is 4.79 Å². The fraction of sp³-hybridized carbons (Fsp3) is 0.500. The molecule has 0 saturated heterocycles. The van der Waals surface area contributed by atoms with Crippen molar-refractivity contribution in [1.29, 1.82) is 0 Å². The van der Waals surface area contributed by atoms with Gasteiger partial charge < -0.3 is 10.6 Å². The van der Waals surface area contributed by atoms with Crippen LogP contribution >= 0.6 is 0 Å². The third-order valence-corrected chi connectivity index (χ3v) is 2.18. The standard InChI is InChI=1S/C12H19N3O/c1-3-13-12(16)5-4-7-14-11-9-10(2)6-8-15-11/h6,8-9H,3-5,7H2,1-2H3,(H,13,16)(H,14,15). The van der Waals surface area contributed by atoms with Crippen LogP contribution in [0, 0.1) is 6.92 Å². The highest BCUT2D eigenvalue weighted by atomic mass is 16.1. The van der Waals surface area contributed by atoms with Crippen molar-refractivity contribution in [2.24, 2.45) is 0 Å². The van der Waals surface area contributed by atoms with Crippen LogP contribution in [0.4, 0.5) is 5.82 Å². The van der Waals surface area contributed by atoms with Crippen LogP contribution in [0.2, 0.25) is 0 Å². The fourth-order valence-corrected chi connectivity index (χ4v) is 1.38. The molecule has 1 aromatic rings. The monoisotopic (exact) mass is 221 g/mol. The Hall–Kier alpha value is -1.58. The number of nitrogens with one attached hydrogen (secondary N) is 2. The van der Waals surface area contributed by atoms with E-state index in [1.54, 1.807) is 6.20 Å². The highest BCUT2D eigenvalue weighted by molar-refractivity contribution is 5.75. The molecular formula is C12H19N3O. The minimum Gasteiger partial charge on any atom is -0.370 e. The molecule has 0 saturated carbocycles. The van der Waals surface area contributed by atoms with Gasteiger partial charge in [-0.25, -0.2) is 4.98 Å². The number of rotatable bonds is 6. The molecule has 0 atom stereocenters. The molecule has 0 fully saturated rings. The smallest absolute Gasteiger partial charge is 0.220 e. The summed E-state index contributed by atoms with van der Waals surface area (Å²) in [6, 6.07) is 3.95. The number of aromatic nitrogens is 1. The second-order valence-electron chi connectivity index (χ2n) is 3.70. The van der Waals surface area contributed by atoms with E-state index in [2.05, 4.69) is 15.6 Å². The van der Waals surface area contributed by atoms with E-state index in [0.717, 1.165) is 18.8 Å². The van der Waals surface area contributed by atoms with Crippen molar-refractivity contribution in [3.63, 3.8) is 0 Å². The SMILES string of the molecule is CCNC(=O)CCCNc1cc(C)ccn1. The Labute approximate surface area is 96.5 Å². The Morgan fingerprint density at radius 3 is 3.00 bits per heavy atom. The molecule has 0 unspecified atom stereocenters. The van der Waals surface area contributed by atoms with E-state index in [1.807, 2.05) is 26.0 Å². The molecule has 1 heterocycles. The largest absolute Gasteiger partial charge is 0.370 e. The van der Waals surface area contributed by atoms with Gasteiger partial charge in [-0.2, -0.15) is 0 Å². The predicted octanol–water partition coefficient (Wildman–Crippen LogP) is 1.72. The lowest BCUT2D eigenvalue weighted by atomic mass is 10.2. The van der Waals surface area contributed by atoms with Crippen LogP contribution in [0.1, 0.15) is 25.3 Å². The number of carbonyl (C=O) groups is 1. The van der Waals surface area contributed by atoms with Crippen LogP contribution in [0.15, 0.2) is 18.3 Å². The first kappa shape index (κ1) is 12.5. The van der Waals surface area contributed by atoms with Crippen LogP contribution in [-0.4, -0.2) is 24.0 Å². The summed E-state index contributed by atoms with van der Waals surface area (Å²) >= 11 is 0. The van der Waals surface area contributed by atoms with Crippen molar-refractivity contribution in [3.05, 3.63) is 23.9 Å². The van der Waals surface area contributed by atoms with E-state index in [4.69, 9.17) is 0 Å². The number of hydrogen-bond donors (Lipinski definition) is 2. The van der Waals surface area contributed by atoms with Gasteiger partial charge in [0.2, 0.25) is 5.91 Å². The summed E-state index contributed by atoms with van der Waals surface area (Å²) in [6.45, 7) is 5.42. The Bertz CT molecular complexity index is 339. The molecule has 1 amide bonds. The molecule has 0 spiro atoms. The van der Waals surface area contributed by atoms with Crippen molar-refractivity contribution >= 4 is 11.7 Å². The van der Waals surface area contributed by atoms with Crippen LogP contribution < -0.4 is 10.6 Å². The Morgan fingerprint density at radius 2 is 2.31 bits per heavy atom. The van der Waals surface area contributed by atoms with E-state index in [1.165, 1.54) is 5.56 Å². The van der Waals surface area contributed by atoms with Gasteiger partial charge in [-0.3, -0.25) is 4.79 Å². The molecule has 0 aromatic carbocycles. The third kappa shape index (κ3) is 4.77. The predicted molar refractivity (Wildman–Crippen MR) is 65.4 cm³/mol. The maximum absolute atomic E-state index is 11.2. The van der Waals surface area contributed by atoms with Crippen LogP contribution in [0.5, 0.6) is 0 Å². The lowest BCUT2D eigenvalue weighted by Crippen LogP contribution is -2.22. The summed E-state index contributed by atoms with van der Waals surface area (Å²) in [5.41, 5.74) is 1.18. The molecule has 2 N–H and O–H groups in total. The van der Waals surface area contributed by atoms with E-state index in [0.29, 0.717) is 13.0 Å². The van der Waals surface area contributed by atoms with Crippen molar-refractivity contribution in [3.8, 4) is 0 Å². The molecule has 0 aliphatic rings. The zero-order valence-electron chi connectivity index (χ0n) is 9.92. The summed E-state index contributed by atoms with van der Waals surface area (Å²) in [5, 5.41) is 5.96. The molecule has 1 rings (SSSR count). The Morgan fingerprint density at radius 1 is 1.50 bits per heavy atom. The fourth-order valence-electron chi connectivity index (χ4n) is 1.38. The number of aryl methyl sites for hydroxylation is 1. The highest BCUT2D eigenvalue weighted by Gasteiger charge is 1.99. The van der Waals surface area contributed by atoms with Gasteiger partial charge >= 0.3 is 0 Å². The second kappa shape index (κ2) is 6.82. The second-order valence-corrected chi connectivity index (χ2v) is 3.70. The normalized spacial score (nSPS) is 9.88. The van der Waals surface area contributed by atoms with E-state index >= 15 is 0 Å². The molecule has 4 heteroatoms. The summed E-state index contributed by atoms with van der Waals surface area (Å²) < 4.78 is 0. The number of anilines is 1. The molecule has 16 heavy (non-hydrogen) atoms. The quantitative estimate of drug-likeness (QED) is 0.719. The molecule has 88 valence electrons. The number of hydrogen-bond acceptors (Lipinski definition) is 3. The number of carbonyl (C=O) groups excluding carboxylic acids is 1. The average molecular weight is 221 g/mol. The Balaban J connectivity index is 2.18. The number of pyridine rings is 1. The van der Waals surface area contributed by atoms with Crippen molar-refractivity contribution in [2.75, 3.05) is 18.4 Å². The van der Waals surface area contributed by atoms with Gasteiger partial charge in [0.1, 0.15) is 5.82 Å². The topological polar surface area (TPSA) is 54.0 Å². The lowest BCUT2D eigenvalue weighted by molar-refractivity contribution is -0.121. The summed E-state index contributed by atoms with van der Waals surface area (Å²) in [6.07, 6.45) is 3.16. The molecule has 0 radical (unpaired) electrons. The molecule has 0 aliphatic carbocycles. The molecule has 0 bridgehead atoms. The van der Waals surface area contributed by atoms with Gasteiger partial charge in [0.05, 0.1) is 0 Å². The lowest BCUT2D eigenvalue weighted by Gasteiger charge is -2.06. The first-order valence-electron chi connectivity index (χ1n) is 5.65. The molecular weight excluding hydrogens is 202 g/mol. The minimum absolute atomic E-state index is 0.113. The van der Waals surface area contributed by atoms with Gasteiger partial charge in [0, 0.05) is 25.7 Å². The number of amides is 1. The van der Waals surface area contributed by atoms with E-state index in [-0.39, 0.29) is 5.91 Å². The van der Waals surface area contributed by atoms with E-state index in [9.17, 15) is 4.79 Å². The maximum atomic E-state index is 11.2. The maximum Gasteiger partial charge on any atom is 0.220 e. The van der Waals surface area contributed by atoms with Gasteiger partial charge in [0.25, 0.3) is 0 Å². The summed E-state index contributed by atoms with van der Waals surface area (Å²) in [4.78, 5) is 15.3. The van der Waals surface area contributed by atoms with Crippen LogP contribution in [0.25, 0.3) is 0 Å². The first-order valence-corrected chi connectivity index (χ1v) is 5.65. The zero-order chi connectivity index (χ0) is 11.8. The van der Waals surface area contributed by atoms with Gasteiger partial charge in [-0.1, -0.05) is 0 Å².